The molecule has 1 saturated heterocycles. The third kappa shape index (κ3) is 3.71. The van der Waals surface area contributed by atoms with E-state index in [9.17, 15) is 4.79 Å². The van der Waals surface area contributed by atoms with Crippen molar-refractivity contribution in [2.24, 2.45) is 0 Å². The molecule has 5 nitrogen and oxygen atoms in total. The molecule has 2 N–H and O–H groups in total. The molecule has 0 spiro atoms. The summed E-state index contributed by atoms with van der Waals surface area (Å²) < 4.78 is 5.40. The maximum absolute atomic E-state index is 11.9. The van der Waals surface area contributed by atoms with Gasteiger partial charge in [-0.05, 0) is 43.5 Å². The van der Waals surface area contributed by atoms with Gasteiger partial charge in [0.25, 0.3) is 0 Å². The summed E-state index contributed by atoms with van der Waals surface area (Å²) in [5.74, 6) is 0. The SMILES string of the molecule is COC1CCN(c2ccc(NC(=O)NC3CCCC3)cc2)C1. The van der Waals surface area contributed by atoms with Crippen molar-refractivity contribution < 1.29 is 9.53 Å². The Labute approximate surface area is 132 Å². The second-order valence-corrected chi connectivity index (χ2v) is 6.22. The zero-order chi connectivity index (χ0) is 15.4. The second kappa shape index (κ2) is 7.01. The fourth-order valence-corrected chi connectivity index (χ4v) is 3.33. The van der Waals surface area contributed by atoms with Gasteiger partial charge in [0.15, 0.2) is 0 Å². The molecule has 5 heteroatoms. The van der Waals surface area contributed by atoms with E-state index in [0.717, 1.165) is 38.0 Å². The van der Waals surface area contributed by atoms with Crippen LogP contribution in [0.3, 0.4) is 0 Å². The van der Waals surface area contributed by atoms with Crippen molar-refractivity contribution in [3.8, 4) is 0 Å². The van der Waals surface area contributed by atoms with Crippen molar-refractivity contribution >= 4 is 17.4 Å². The Morgan fingerprint density at radius 3 is 2.55 bits per heavy atom. The Bertz CT molecular complexity index is 497. The first-order valence-corrected chi connectivity index (χ1v) is 8.20. The minimum Gasteiger partial charge on any atom is -0.380 e. The number of carbonyl (C=O) groups is 1. The summed E-state index contributed by atoms with van der Waals surface area (Å²) in [6.07, 6.45) is 6.04. The molecule has 0 bridgehead atoms. The molecular formula is C17H25N3O2. The Kier molecular flexibility index (Phi) is 4.83. The minimum atomic E-state index is -0.0970. The molecule has 2 amide bonds. The molecule has 1 unspecified atom stereocenters. The summed E-state index contributed by atoms with van der Waals surface area (Å²) in [7, 11) is 1.77. The molecule has 1 aliphatic heterocycles. The lowest BCUT2D eigenvalue weighted by atomic mass is 10.2. The average Bonchev–Trinajstić information content (AvgIpc) is 3.19. The average molecular weight is 303 g/mol. The first-order chi connectivity index (χ1) is 10.7. The van der Waals surface area contributed by atoms with Gasteiger partial charge in [-0.15, -0.1) is 0 Å². The summed E-state index contributed by atoms with van der Waals surface area (Å²) in [5, 5.41) is 5.95. The number of rotatable bonds is 4. The first kappa shape index (κ1) is 15.2. The van der Waals surface area contributed by atoms with Crippen molar-refractivity contribution in [1.29, 1.82) is 0 Å². The van der Waals surface area contributed by atoms with Gasteiger partial charge in [-0.1, -0.05) is 12.8 Å². The van der Waals surface area contributed by atoms with Gasteiger partial charge in [-0.3, -0.25) is 0 Å². The normalized spacial score (nSPS) is 22.0. The monoisotopic (exact) mass is 303 g/mol. The number of urea groups is 1. The molecule has 2 fully saturated rings. The van der Waals surface area contributed by atoms with E-state index in [0.29, 0.717) is 12.1 Å². The van der Waals surface area contributed by atoms with Crippen LogP contribution in [0.5, 0.6) is 0 Å². The highest BCUT2D eigenvalue weighted by Crippen LogP contribution is 2.23. The lowest BCUT2D eigenvalue weighted by Gasteiger charge is -2.19. The lowest BCUT2D eigenvalue weighted by Crippen LogP contribution is -2.36. The van der Waals surface area contributed by atoms with Gasteiger partial charge in [0.2, 0.25) is 0 Å². The number of anilines is 2. The van der Waals surface area contributed by atoms with E-state index in [1.165, 1.54) is 18.5 Å². The topological polar surface area (TPSA) is 53.6 Å². The highest BCUT2D eigenvalue weighted by atomic mass is 16.5. The number of amides is 2. The molecule has 1 heterocycles. The third-order valence-electron chi connectivity index (χ3n) is 4.66. The zero-order valence-corrected chi connectivity index (χ0v) is 13.2. The van der Waals surface area contributed by atoms with Gasteiger partial charge < -0.3 is 20.3 Å². The fourth-order valence-electron chi connectivity index (χ4n) is 3.33. The Morgan fingerprint density at radius 1 is 1.18 bits per heavy atom. The van der Waals surface area contributed by atoms with Crippen LogP contribution < -0.4 is 15.5 Å². The predicted octanol–water partition coefficient (Wildman–Crippen LogP) is 2.98. The number of carbonyl (C=O) groups excluding carboxylic acids is 1. The molecule has 120 valence electrons. The Balaban J connectivity index is 1.51. The van der Waals surface area contributed by atoms with Gasteiger partial charge >= 0.3 is 6.03 Å². The summed E-state index contributed by atoms with van der Waals surface area (Å²) >= 11 is 0. The Morgan fingerprint density at radius 2 is 1.91 bits per heavy atom. The van der Waals surface area contributed by atoms with Crippen LogP contribution in [0.2, 0.25) is 0 Å². The smallest absolute Gasteiger partial charge is 0.319 e. The molecule has 1 saturated carbocycles. The maximum atomic E-state index is 11.9. The van der Waals surface area contributed by atoms with Crippen molar-refractivity contribution in [2.45, 2.75) is 44.2 Å². The molecule has 1 aromatic rings. The Hall–Kier alpha value is -1.75. The number of ether oxygens (including phenoxy) is 1. The van der Waals surface area contributed by atoms with E-state index < -0.39 is 0 Å². The summed E-state index contributed by atoms with van der Waals surface area (Å²) in [6.45, 7) is 1.96. The number of methoxy groups -OCH3 is 1. The molecule has 3 rings (SSSR count). The third-order valence-corrected chi connectivity index (χ3v) is 4.66. The van der Waals surface area contributed by atoms with Gasteiger partial charge in [-0.25, -0.2) is 4.79 Å². The summed E-state index contributed by atoms with van der Waals surface area (Å²) in [4.78, 5) is 14.3. The van der Waals surface area contributed by atoms with Crippen LogP contribution in [0.4, 0.5) is 16.2 Å². The number of hydrogen-bond acceptors (Lipinski definition) is 3. The van der Waals surface area contributed by atoms with E-state index in [1.54, 1.807) is 7.11 Å². The molecule has 2 aliphatic rings. The number of benzene rings is 1. The van der Waals surface area contributed by atoms with Crippen molar-refractivity contribution in [3.63, 3.8) is 0 Å². The van der Waals surface area contributed by atoms with Crippen LogP contribution in [-0.2, 0) is 4.74 Å². The van der Waals surface area contributed by atoms with E-state index in [2.05, 4.69) is 27.7 Å². The van der Waals surface area contributed by atoms with Crippen molar-refractivity contribution in [3.05, 3.63) is 24.3 Å². The largest absolute Gasteiger partial charge is 0.380 e. The van der Waals surface area contributed by atoms with E-state index >= 15 is 0 Å². The van der Waals surface area contributed by atoms with Gasteiger partial charge in [0.1, 0.15) is 0 Å². The highest BCUT2D eigenvalue weighted by Gasteiger charge is 2.22. The van der Waals surface area contributed by atoms with Crippen LogP contribution in [0.25, 0.3) is 0 Å². The highest BCUT2D eigenvalue weighted by molar-refractivity contribution is 5.89. The van der Waals surface area contributed by atoms with Crippen LogP contribution >= 0.6 is 0 Å². The minimum absolute atomic E-state index is 0.0970. The zero-order valence-electron chi connectivity index (χ0n) is 13.2. The second-order valence-electron chi connectivity index (χ2n) is 6.22. The molecule has 22 heavy (non-hydrogen) atoms. The van der Waals surface area contributed by atoms with E-state index in [4.69, 9.17) is 4.74 Å². The summed E-state index contributed by atoms with van der Waals surface area (Å²) in [6, 6.07) is 8.29. The predicted molar refractivity (Wildman–Crippen MR) is 88.5 cm³/mol. The molecule has 1 aromatic carbocycles. The molecule has 0 radical (unpaired) electrons. The maximum Gasteiger partial charge on any atom is 0.319 e. The quantitative estimate of drug-likeness (QED) is 0.899. The molecular weight excluding hydrogens is 278 g/mol. The summed E-state index contributed by atoms with van der Waals surface area (Å²) in [5.41, 5.74) is 2.02. The first-order valence-electron chi connectivity index (χ1n) is 8.20. The molecule has 1 aliphatic carbocycles. The van der Waals surface area contributed by atoms with Crippen molar-refractivity contribution in [1.82, 2.24) is 5.32 Å². The number of nitrogens with zero attached hydrogens (tertiary/aromatic N) is 1. The molecule has 0 aromatic heterocycles. The molecule has 1 atom stereocenters. The van der Waals surface area contributed by atoms with Gasteiger partial charge in [-0.2, -0.15) is 0 Å². The van der Waals surface area contributed by atoms with Crippen LogP contribution in [0.1, 0.15) is 32.1 Å². The van der Waals surface area contributed by atoms with Crippen LogP contribution in [0.15, 0.2) is 24.3 Å². The van der Waals surface area contributed by atoms with Gasteiger partial charge in [0, 0.05) is 37.6 Å². The van der Waals surface area contributed by atoms with Crippen LogP contribution in [0, 0.1) is 0 Å². The van der Waals surface area contributed by atoms with E-state index in [1.807, 2.05) is 12.1 Å². The number of hydrogen-bond donors (Lipinski definition) is 2. The van der Waals surface area contributed by atoms with E-state index in [-0.39, 0.29) is 6.03 Å². The number of nitrogens with one attached hydrogen (secondary N) is 2. The standard InChI is InChI=1S/C17H25N3O2/c1-22-16-10-11-20(12-16)15-8-6-14(7-9-15)19-17(21)18-13-4-2-3-5-13/h6-9,13,16H,2-5,10-12H2,1H3,(H2,18,19,21). The van der Waals surface area contributed by atoms with Crippen LogP contribution in [-0.4, -0.2) is 38.4 Å². The fraction of sp³-hybridized carbons (Fsp3) is 0.588. The lowest BCUT2D eigenvalue weighted by molar-refractivity contribution is 0.121. The van der Waals surface area contributed by atoms with Crippen molar-refractivity contribution in [2.75, 3.05) is 30.4 Å². The van der Waals surface area contributed by atoms with Gasteiger partial charge in [0.05, 0.1) is 6.10 Å².